The van der Waals surface area contributed by atoms with E-state index in [1.165, 1.54) is 29.6 Å². The van der Waals surface area contributed by atoms with Gasteiger partial charge in [-0.2, -0.15) is 0 Å². The number of hydrogen-bond donors (Lipinski definition) is 0. The van der Waals surface area contributed by atoms with E-state index in [-0.39, 0.29) is 17.6 Å². The van der Waals surface area contributed by atoms with Crippen molar-refractivity contribution in [2.75, 3.05) is 38.6 Å². The van der Waals surface area contributed by atoms with E-state index in [2.05, 4.69) is 9.97 Å². The van der Waals surface area contributed by atoms with Gasteiger partial charge in [-0.05, 0) is 31.2 Å². The van der Waals surface area contributed by atoms with E-state index in [1.807, 2.05) is 4.90 Å². The second-order valence-electron chi connectivity index (χ2n) is 6.69. The molecule has 1 aromatic carbocycles. The summed E-state index contributed by atoms with van der Waals surface area (Å²) in [6.45, 7) is 2.99. The van der Waals surface area contributed by atoms with E-state index >= 15 is 0 Å². The molecule has 0 N–H and O–H groups in total. The molecule has 1 aromatic heterocycles. The maximum Gasteiger partial charge on any atom is 0.258 e. The van der Waals surface area contributed by atoms with Crippen LogP contribution in [0.2, 0.25) is 0 Å². The van der Waals surface area contributed by atoms with Gasteiger partial charge in [0.1, 0.15) is 18.2 Å². The van der Waals surface area contributed by atoms with E-state index < -0.39 is 6.04 Å². The number of nitrogens with zero attached hydrogens (tertiary/aromatic N) is 5. The van der Waals surface area contributed by atoms with Gasteiger partial charge >= 0.3 is 0 Å². The molecule has 7 nitrogen and oxygen atoms in total. The van der Waals surface area contributed by atoms with Crippen molar-refractivity contribution < 1.29 is 14.0 Å². The normalized spacial score (nSPS) is 17.0. The minimum absolute atomic E-state index is 0.162. The Morgan fingerprint density at radius 1 is 1.19 bits per heavy atom. The van der Waals surface area contributed by atoms with Crippen molar-refractivity contribution in [1.29, 1.82) is 0 Å². The highest BCUT2D eigenvalue weighted by Gasteiger charge is 2.37. The number of anilines is 1. The van der Waals surface area contributed by atoms with E-state index in [0.29, 0.717) is 30.9 Å². The number of likely N-dealkylation sites (N-methyl/N-ethyl adjacent to an activating group) is 1. The number of benzene rings is 1. The molecular weight excluding hydrogens is 349 g/mol. The summed E-state index contributed by atoms with van der Waals surface area (Å²) in [5.74, 6) is -0.732. The Labute approximate surface area is 157 Å². The predicted octanol–water partition coefficient (Wildman–Crippen LogP) is 1.34. The first-order valence-electron chi connectivity index (χ1n) is 8.67. The SMILES string of the molecule is Cc1ncncc1C(=O)N1CCN(c2ccc(F)cc2)CC1C(=O)N(C)C. The molecule has 2 heterocycles. The minimum atomic E-state index is -0.647. The highest BCUT2D eigenvalue weighted by Crippen LogP contribution is 2.22. The lowest BCUT2D eigenvalue weighted by atomic mass is 10.1. The van der Waals surface area contributed by atoms with Gasteiger partial charge in [0, 0.05) is 45.6 Å². The molecule has 3 rings (SSSR count). The van der Waals surface area contributed by atoms with Gasteiger partial charge < -0.3 is 14.7 Å². The fraction of sp³-hybridized carbons (Fsp3) is 0.368. The number of carbonyl (C=O) groups excluding carboxylic acids is 2. The van der Waals surface area contributed by atoms with Gasteiger partial charge in [-0.25, -0.2) is 14.4 Å². The molecule has 2 aromatic rings. The van der Waals surface area contributed by atoms with E-state index in [4.69, 9.17) is 0 Å². The van der Waals surface area contributed by atoms with Crippen LogP contribution < -0.4 is 4.90 Å². The van der Waals surface area contributed by atoms with Crippen LogP contribution in [-0.2, 0) is 4.79 Å². The van der Waals surface area contributed by atoms with Crippen molar-refractivity contribution in [2.24, 2.45) is 0 Å². The molecule has 1 saturated heterocycles. The molecule has 2 amide bonds. The van der Waals surface area contributed by atoms with Gasteiger partial charge in [-0.15, -0.1) is 0 Å². The van der Waals surface area contributed by atoms with Crippen molar-refractivity contribution in [3.05, 3.63) is 53.9 Å². The lowest BCUT2D eigenvalue weighted by Crippen LogP contribution is -2.60. The zero-order valence-corrected chi connectivity index (χ0v) is 15.6. The van der Waals surface area contributed by atoms with Crippen LogP contribution in [0.1, 0.15) is 16.1 Å². The Morgan fingerprint density at radius 3 is 2.52 bits per heavy atom. The summed E-state index contributed by atoms with van der Waals surface area (Å²) in [6, 6.07) is 5.49. The number of aryl methyl sites for hydroxylation is 1. The molecule has 1 fully saturated rings. The van der Waals surface area contributed by atoms with Crippen LogP contribution in [0, 0.1) is 12.7 Å². The second kappa shape index (κ2) is 7.69. The van der Waals surface area contributed by atoms with Crippen LogP contribution in [0.5, 0.6) is 0 Å². The summed E-state index contributed by atoms with van der Waals surface area (Å²) in [5.41, 5.74) is 1.79. The Morgan fingerprint density at radius 2 is 1.89 bits per heavy atom. The molecule has 1 unspecified atom stereocenters. The first-order chi connectivity index (χ1) is 12.9. The van der Waals surface area contributed by atoms with Crippen LogP contribution in [0.25, 0.3) is 0 Å². The topological polar surface area (TPSA) is 69.6 Å². The van der Waals surface area contributed by atoms with Crippen molar-refractivity contribution in [2.45, 2.75) is 13.0 Å². The van der Waals surface area contributed by atoms with Crippen LogP contribution in [-0.4, -0.2) is 71.4 Å². The number of carbonyl (C=O) groups is 2. The molecule has 27 heavy (non-hydrogen) atoms. The van der Waals surface area contributed by atoms with Crippen molar-refractivity contribution in [3.63, 3.8) is 0 Å². The molecule has 8 heteroatoms. The lowest BCUT2D eigenvalue weighted by molar-refractivity contribution is -0.133. The second-order valence-corrected chi connectivity index (χ2v) is 6.69. The summed E-state index contributed by atoms with van der Waals surface area (Å²) in [5, 5.41) is 0. The summed E-state index contributed by atoms with van der Waals surface area (Å²) in [4.78, 5) is 38.9. The molecular formula is C19H22FN5O2. The summed E-state index contributed by atoms with van der Waals surface area (Å²) < 4.78 is 13.2. The third-order valence-electron chi connectivity index (χ3n) is 4.70. The fourth-order valence-electron chi connectivity index (χ4n) is 3.18. The molecule has 0 spiro atoms. The molecule has 0 aliphatic carbocycles. The third kappa shape index (κ3) is 3.89. The smallest absolute Gasteiger partial charge is 0.258 e. The first-order valence-corrected chi connectivity index (χ1v) is 8.67. The number of aromatic nitrogens is 2. The minimum Gasteiger partial charge on any atom is -0.367 e. The van der Waals surface area contributed by atoms with Gasteiger partial charge in [-0.1, -0.05) is 0 Å². The number of halogens is 1. The van der Waals surface area contributed by atoms with Crippen LogP contribution >= 0.6 is 0 Å². The predicted molar refractivity (Wildman–Crippen MR) is 98.9 cm³/mol. The number of hydrogen-bond acceptors (Lipinski definition) is 5. The average Bonchev–Trinajstić information content (AvgIpc) is 2.67. The van der Waals surface area contributed by atoms with Gasteiger partial charge in [-0.3, -0.25) is 9.59 Å². The van der Waals surface area contributed by atoms with E-state index in [0.717, 1.165) is 5.69 Å². The van der Waals surface area contributed by atoms with E-state index in [9.17, 15) is 14.0 Å². The Balaban J connectivity index is 1.88. The van der Waals surface area contributed by atoms with Crippen LogP contribution in [0.15, 0.2) is 36.8 Å². The Hall–Kier alpha value is -3.03. The van der Waals surface area contributed by atoms with Crippen LogP contribution in [0.4, 0.5) is 10.1 Å². The quantitative estimate of drug-likeness (QED) is 0.815. The number of rotatable bonds is 3. The third-order valence-corrected chi connectivity index (χ3v) is 4.70. The zero-order chi connectivity index (χ0) is 19.6. The summed E-state index contributed by atoms with van der Waals surface area (Å²) >= 11 is 0. The average molecular weight is 371 g/mol. The molecule has 0 bridgehead atoms. The lowest BCUT2D eigenvalue weighted by Gasteiger charge is -2.42. The molecule has 0 saturated carbocycles. The van der Waals surface area contributed by atoms with Crippen LogP contribution in [0.3, 0.4) is 0 Å². The van der Waals surface area contributed by atoms with Gasteiger partial charge in [0.25, 0.3) is 5.91 Å². The largest absolute Gasteiger partial charge is 0.367 e. The molecule has 142 valence electrons. The highest BCUT2D eigenvalue weighted by molar-refractivity contribution is 5.98. The van der Waals surface area contributed by atoms with E-state index in [1.54, 1.807) is 38.1 Å². The Bertz CT molecular complexity index is 840. The fourth-order valence-corrected chi connectivity index (χ4v) is 3.18. The van der Waals surface area contributed by atoms with Crippen molar-refractivity contribution in [1.82, 2.24) is 19.8 Å². The highest BCUT2D eigenvalue weighted by atomic mass is 19.1. The first kappa shape index (κ1) is 18.8. The van der Waals surface area contributed by atoms with Gasteiger partial charge in [0.15, 0.2) is 0 Å². The monoisotopic (exact) mass is 371 g/mol. The summed E-state index contributed by atoms with van der Waals surface area (Å²) in [7, 11) is 3.33. The van der Waals surface area contributed by atoms with Gasteiger partial charge in [0.05, 0.1) is 11.3 Å². The molecule has 0 radical (unpaired) electrons. The van der Waals surface area contributed by atoms with Crippen molar-refractivity contribution in [3.8, 4) is 0 Å². The number of piperazine rings is 1. The maximum atomic E-state index is 13.2. The zero-order valence-electron chi connectivity index (χ0n) is 15.6. The van der Waals surface area contributed by atoms with Gasteiger partial charge in [0.2, 0.25) is 5.91 Å². The number of amides is 2. The molecule has 1 aliphatic rings. The van der Waals surface area contributed by atoms with Crippen molar-refractivity contribution >= 4 is 17.5 Å². The Kier molecular flexibility index (Phi) is 5.34. The molecule has 1 atom stereocenters. The standard InChI is InChI=1S/C19H22FN5O2/c1-13-16(10-21-12-22-13)18(26)25-9-8-24(11-17(25)19(27)23(2)3)15-6-4-14(20)5-7-15/h4-7,10,12,17H,8-9,11H2,1-3H3. The maximum absolute atomic E-state index is 13.2. The molecule has 1 aliphatic heterocycles. The summed E-state index contributed by atoms with van der Waals surface area (Å²) in [6.07, 6.45) is 2.87.